The first-order valence-electron chi connectivity index (χ1n) is 12.8. The van der Waals surface area contributed by atoms with Gasteiger partial charge in [0.1, 0.15) is 11.9 Å². The highest BCUT2D eigenvalue weighted by molar-refractivity contribution is 6.34. The fraction of sp³-hybridized carbons (Fsp3) is 0.519. The summed E-state index contributed by atoms with van der Waals surface area (Å²) in [5.74, 6) is -0.963. The van der Waals surface area contributed by atoms with Crippen molar-refractivity contribution in [2.75, 3.05) is 55.0 Å². The Morgan fingerprint density at radius 2 is 1.82 bits per heavy atom. The number of aromatic nitrogens is 1. The zero-order chi connectivity index (χ0) is 27.4. The molecule has 4 heterocycles. The van der Waals surface area contributed by atoms with Gasteiger partial charge in [0.15, 0.2) is 0 Å². The standard InChI is InChI=1S/C27H31ClF3N5O2/c1-16-11-19(27(29,30)31)13-22(32-16)36-23(37)12-18-15-35(14-17-7-9-33(2)10-8-17)25-20(28)5-4-6-21(25)34(3)26(38)24(18)36/h4-6,11,13,17-18,24H,7-10,12,14-15H2,1-3H3/t18?,24-/m0/s1. The maximum atomic E-state index is 13.9. The SMILES string of the molecule is Cc1cc(C(F)(F)F)cc(N2C(=O)CC3CN(CC4CCN(C)CC4)c4c(Cl)cccc4N(C)C(=O)[C@H]32)n1. The number of hydrogen-bond acceptors (Lipinski definition) is 5. The normalized spacial score (nSPS) is 23.4. The number of rotatable bonds is 3. The number of amides is 2. The Bertz CT molecular complexity index is 1250. The summed E-state index contributed by atoms with van der Waals surface area (Å²) in [6.07, 6.45) is -2.53. The van der Waals surface area contributed by atoms with Gasteiger partial charge in [-0.1, -0.05) is 17.7 Å². The number of hydrogen-bond donors (Lipinski definition) is 0. The zero-order valence-corrected chi connectivity index (χ0v) is 22.4. The monoisotopic (exact) mass is 549 g/mol. The van der Waals surface area contributed by atoms with Crippen LogP contribution in [0.25, 0.3) is 0 Å². The molecule has 38 heavy (non-hydrogen) atoms. The highest BCUT2D eigenvalue weighted by atomic mass is 35.5. The summed E-state index contributed by atoms with van der Waals surface area (Å²) >= 11 is 6.71. The molecule has 1 aromatic carbocycles. The topological polar surface area (TPSA) is 60.0 Å². The van der Waals surface area contributed by atoms with Gasteiger partial charge in [-0.25, -0.2) is 4.98 Å². The summed E-state index contributed by atoms with van der Waals surface area (Å²) in [7, 11) is 3.73. The Kier molecular flexibility index (Phi) is 7.06. The summed E-state index contributed by atoms with van der Waals surface area (Å²) in [6, 6.07) is 6.20. The van der Waals surface area contributed by atoms with Crippen molar-refractivity contribution in [2.45, 2.75) is 38.4 Å². The second-order valence-electron chi connectivity index (χ2n) is 10.7. The Hall–Kier alpha value is -2.85. The summed E-state index contributed by atoms with van der Waals surface area (Å²) in [5.41, 5.74) is 0.588. The lowest BCUT2D eigenvalue weighted by Gasteiger charge is -2.41. The van der Waals surface area contributed by atoms with E-state index in [1.54, 1.807) is 19.2 Å². The minimum absolute atomic E-state index is 0.0326. The van der Waals surface area contributed by atoms with Gasteiger partial charge in [0.05, 0.1) is 22.0 Å². The quantitative estimate of drug-likeness (QED) is 0.560. The number of piperidine rings is 1. The van der Waals surface area contributed by atoms with Gasteiger partial charge in [-0.2, -0.15) is 13.2 Å². The molecular formula is C27H31ClF3N5O2. The fourth-order valence-electron chi connectivity index (χ4n) is 5.99. The van der Waals surface area contributed by atoms with Crippen LogP contribution in [0.3, 0.4) is 0 Å². The molecule has 0 bridgehead atoms. The molecule has 2 atom stereocenters. The lowest BCUT2D eigenvalue weighted by Crippen LogP contribution is -2.53. The van der Waals surface area contributed by atoms with Gasteiger partial charge in [0, 0.05) is 38.2 Å². The van der Waals surface area contributed by atoms with Crippen LogP contribution >= 0.6 is 11.6 Å². The van der Waals surface area contributed by atoms with Gasteiger partial charge in [0.2, 0.25) is 11.8 Å². The Balaban J connectivity index is 1.56. The van der Waals surface area contributed by atoms with Crippen molar-refractivity contribution in [1.29, 1.82) is 0 Å². The van der Waals surface area contributed by atoms with Crippen molar-refractivity contribution in [1.82, 2.24) is 9.88 Å². The van der Waals surface area contributed by atoms with Crippen molar-refractivity contribution in [2.24, 2.45) is 11.8 Å². The molecule has 0 radical (unpaired) electrons. The Labute approximate surface area is 225 Å². The number of aryl methyl sites for hydroxylation is 1. The third kappa shape index (κ3) is 4.96. The Morgan fingerprint density at radius 3 is 2.50 bits per heavy atom. The summed E-state index contributed by atoms with van der Waals surface area (Å²) < 4.78 is 40.8. The van der Waals surface area contributed by atoms with Crippen LogP contribution in [0.2, 0.25) is 5.02 Å². The van der Waals surface area contributed by atoms with Gasteiger partial charge in [-0.15, -0.1) is 0 Å². The van der Waals surface area contributed by atoms with E-state index in [0.29, 0.717) is 29.7 Å². The molecule has 0 aliphatic carbocycles. The third-order valence-corrected chi connectivity index (χ3v) is 8.25. The smallest absolute Gasteiger partial charge is 0.368 e. The molecule has 3 aliphatic rings. The molecule has 11 heteroatoms. The second-order valence-corrected chi connectivity index (χ2v) is 11.1. The third-order valence-electron chi connectivity index (χ3n) is 7.94. The first-order valence-corrected chi connectivity index (χ1v) is 13.2. The van der Waals surface area contributed by atoms with Crippen molar-refractivity contribution in [3.63, 3.8) is 0 Å². The van der Waals surface area contributed by atoms with Gasteiger partial charge < -0.3 is 14.7 Å². The number of likely N-dealkylation sites (tertiary alicyclic amines) is 1. The van der Waals surface area contributed by atoms with E-state index in [4.69, 9.17) is 11.6 Å². The number of anilines is 3. The second kappa shape index (κ2) is 10.0. The van der Waals surface area contributed by atoms with Gasteiger partial charge in [0.25, 0.3) is 0 Å². The lowest BCUT2D eigenvalue weighted by molar-refractivity contribution is -0.137. The zero-order valence-electron chi connectivity index (χ0n) is 21.6. The predicted molar refractivity (Wildman–Crippen MR) is 141 cm³/mol. The maximum absolute atomic E-state index is 13.9. The van der Waals surface area contributed by atoms with E-state index in [0.717, 1.165) is 43.8 Å². The van der Waals surface area contributed by atoms with E-state index in [1.165, 1.54) is 16.7 Å². The van der Waals surface area contributed by atoms with E-state index >= 15 is 0 Å². The minimum Gasteiger partial charge on any atom is -0.368 e. The molecule has 3 aliphatic heterocycles. The molecule has 2 fully saturated rings. The molecule has 0 saturated carbocycles. The number of pyridine rings is 1. The summed E-state index contributed by atoms with van der Waals surface area (Å²) in [6.45, 7) is 4.53. The Morgan fingerprint density at radius 1 is 1.11 bits per heavy atom. The van der Waals surface area contributed by atoms with Gasteiger partial charge in [-0.3, -0.25) is 14.5 Å². The molecule has 2 aromatic rings. The molecule has 1 aromatic heterocycles. The molecular weight excluding hydrogens is 519 g/mol. The van der Waals surface area contributed by atoms with Crippen molar-refractivity contribution < 1.29 is 22.8 Å². The lowest BCUT2D eigenvalue weighted by atomic mass is 9.92. The van der Waals surface area contributed by atoms with Crippen LogP contribution in [0.15, 0.2) is 30.3 Å². The number of likely N-dealkylation sites (N-methyl/N-ethyl adjacent to an activating group) is 1. The fourth-order valence-corrected chi connectivity index (χ4v) is 6.28. The predicted octanol–water partition coefficient (Wildman–Crippen LogP) is 4.61. The molecule has 1 unspecified atom stereocenters. The number of carbonyl (C=O) groups excluding carboxylic acids is 2. The highest BCUT2D eigenvalue weighted by Crippen LogP contribution is 2.43. The van der Waals surface area contributed by atoms with Crippen LogP contribution in [0.4, 0.5) is 30.4 Å². The number of fused-ring (bicyclic) bond motifs is 2. The molecule has 2 amide bonds. The van der Waals surface area contributed by atoms with E-state index in [-0.39, 0.29) is 23.8 Å². The summed E-state index contributed by atoms with van der Waals surface area (Å²) in [5, 5.41) is 0.518. The van der Waals surface area contributed by atoms with Gasteiger partial charge in [-0.05, 0) is 70.1 Å². The van der Waals surface area contributed by atoms with E-state index < -0.39 is 29.6 Å². The van der Waals surface area contributed by atoms with Crippen LogP contribution in [-0.2, 0) is 15.8 Å². The minimum atomic E-state index is -4.60. The number of benzene rings is 1. The first-order chi connectivity index (χ1) is 17.9. The highest BCUT2D eigenvalue weighted by Gasteiger charge is 2.49. The van der Waals surface area contributed by atoms with Gasteiger partial charge >= 0.3 is 6.18 Å². The number of carbonyl (C=O) groups is 2. The van der Waals surface area contributed by atoms with E-state index in [1.807, 2.05) is 6.07 Å². The maximum Gasteiger partial charge on any atom is 0.416 e. The van der Waals surface area contributed by atoms with Crippen LogP contribution in [0, 0.1) is 18.8 Å². The van der Waals surface area contributed by atoms with Crippen molar-refractivity contribution in [3.05, 3.63) is 46.6 Å². The number of halogens is 4. The average Bonchev–Trinajstić information content (AvgIpc) is 3.17. The molecule has 2 saturated heterocycles. The molecule has 5 rings (SSSR count). The number of nitrogens with zero attached hydrogens (tertiary/aromatic N) is 5. The molecule has 0 spiro atoms. The van der Waals surface area contributed by atoms with Crippen LogP contribution in [0.1, 0.15) is 30.5 Å². The van der Waals surface area contributed by atoms with Crippen LogP contribution in [0.5, 0.6) is 0 Å². The van der Waals surface area contributed by atoms with Crippen molar-refractivity contribution in [3.8, 4) is 0 Å². The summed E-state index contributed by atoms with van der Waals surface area (Å²) in [4.78, 5) is 38.6. The molecule has 0 N–H and O–H groups in total. The number of para-hydroxylation sites is 1. The number of alkyl halides is 3. The van der Waals surface area contributed by atoms with Crippen molar-refractivity contribution >= 4 is 40.6 Å². The van der Waals surface area contributed by atoms with E-state index in [9.17, 15) is 22.8 Å². The molecule has 204 valence electrons. The average molecular weight is 550 g/mol. The van der Waals surface area contributed by atoms with Crippen LogP contribution < -0.4 is 14.7 Å². The van der Waals surface area contributed by atoms with Crippen LogP contribution in [-0.4, -0.2) is 68.0 Å². The van der Waals surface area contributed by atoms with E-state index in [2.05, 4.69) is 21.8 Å². The molecule has 7 nitrogen and oxygen atoms in total. The largest absolute Gasteiger partial charge is 0.416 e. The first kappa shape index (κ1) is 26.7.